The summed E-state index contributed by atoms with van der Waals surface area (Å²) in [6, 6.07) is 12.1. The zero-order valence-electron chi connectivity index (χ0n) is 11.8. The lowest BCUT2D eigenvalue weighted by Crippen LogP contribution is -2.14. The predicted molar refractivity (Wildman–Crippen MR) is 76.2 cm³/mol. The van der Waals surface area contributed by atoms with Gasteiger partial charge in [-0.15, -0.1) is 0 Å². The van der Waals surface area contributed by atoms with Crippen molar-refractivity contribution < 1.29 is 9.15 Å². The van der Waals surface area contributed by atoms with Gasteiger partial charge in [0.25, 0.3) is 0 Å². The highest BCUT2D eigenvalue weighted by Gasteiger charge is 2.05. The van der Waals surface area contributed by atoms with Crippen molar-refractivity contribution in [1.82, 2.24) is 5.32 Å². The second-order valence-corrected chi connectivity index (χ2v) is 4.89. The first-order valence-corrected chi connectivity index (χ1v) is 6.66. The fourth-order valence-electron chi connectivity index (χ4n) is 1.92. The smallest absolute Gasteiger partial charge is 0.124 e. The van der Waals surface area contributed by atoms with Crippen LogP contribution in [0.25, 0.3) is 0 Å². The van der Waals surface area contributed by atoms with Crippen molar-refractivity contribution in [3.05, 3.63) is 53.5 Å². The number of nitrogens with one attached hydrogen (secondary N) is 1. The normalized spacial score (nSPS) is 10.9. The van der Waals surface area contributed by atoms with Gasteiger partial charge in [0, 0.05) is 12.1 Å². The Morgan fingerprint density at radius 1 is 1.11 bits per heavy atom. The van der Waals surface area contributed by atoms with E-state index in [0.717, 1.165) is 30.4 Å². The first kappa shape index (κ1) is 13.7. The van der Waals surface area contributed by atoms with E-state index in [1.54, 1.807) is 0 Å². The lowest BCUT2D eigenvalue weighted by molar-refractivity contribution is 0.239. The maximum atomic E-state index is 5.79. The maximum Gasteiger partial charge on any atom is 0.124 e. The minimum Gasteiger partial charge on any atom is -0.491 e. The third-order valence-corrected chi connectivity index (χ3v) is 2.75. The van der Waals surface area contributed by atoms with Crippen LogP contribution in [0.5, 0.6) is 5.75 Å². The number of hydrogen-bond donors (Lipinski definition) is 1. The van der Waals surface area contributed by atoms with Crippen LogP contribution in [0.15, 0.2) is 40.8 Å². The predicted octanol–water partition coefficient (Wildman–Crippen LogP) is 3.67. The van der Waals surface area contributed by atoms with Crippen molar-refractivity contribution in [2.45, 2.75) is 40.0 Å². The lowest BCUT2D eigenvalue weighted by Gasteiger charge is -2.14. The molecule has 2 aromatic rings. The second-order valence-electron chi connectivity index (χ2n) is 4.89. The summed E-state index contributed by atoms with van der Waals surface area (Å²) in [6.45, 7) is 7.52. The maximum absolute atomic E-state index is 5.79. The van der Waals surface area contributed by atoms with E-state index in [1.165, 1.54) is 5.56 Å². The zero-order valence-corrected chi connectivity index (χ0v) is 11.8. The van der Waals surface area contributed by atoms with Gasteiger partial charge >= 0.3 is 0 Å². The van der Waals surface area contributed by atoms with Crippen LogP contribution in [0.1, 0.15) is 30.9 Å². The van der Waals surface area contributed by atoms with E-state index in [4.69, 9.17) is 9.15 Å². The van der Waals surface area contributed by atoms with Crippen molar-refractivity contribution in [2.24, 2.45) is 0 Å². The van der Waals surface area contributed by atoms with Gasteiger partial charge in [0.15, 0.2) is 0 Å². The topological polar surface area (TPSA) is 34.4 Å². The van der Waals surface area contributed by atoms with E-state index in [1.807, 2.05) is 51.1 Å². The van der Waals surface area contributed by atoms with Crippen molar-refractivity contribution in [3.63, 3.8) is 0 Å². The summed E-state index contributed by atoms with van der Waals surface area (Å²) in [5, 5.41) is 3.37. The van der Waals surface area contributed by atoms with Crippen LogP contribution in [0.3, 0.4) is 0 Å². The highest BCUT2D eigenvalue weighted by molar-refractivity contribution is 5.33. The van der Waals surface area contributed by atoms with Crippen LogP contribution in [0.4, 0.5) is 0 Å². The van der Waals surface area contributed by atoms with E-state index in [2.05, 4.69) is 11.4 Å². The summed E-state index contributed by atoms with van der Waals surface area (Å²) in [7, 11) is 0. The summed E-state index contributed by atoms with van der Waals surface area (Å²) < 4.78 is 11.3. The molecule has 0 bridgehead atoms. The summed E-state index contributed by atoms with van der Waals surface area (Å²) in [5.74, 6) is 2.85. The van der Waals surface area contributed by atoms with Gasteiger partial charge in [0.05, 0.1) is 12.6 Å². The molecule has 0 spiro atoms. The molecule has 0 atom stereocenters. The third-order valence-electron chi connectivity index (χ3n) is 2.75. The molecule has 2 rings (SSSR count). The van der Waals surface area contributed by atoms with Gasteiger partial charge in [-0.2, -0.15) is 0 Å². The van der Waals surface area contributed by atoms with Gasteiger partial charge in [-0.3, -0.25) is 0 Å². The van der Waals surface area contributed by atoms with Gasteiger partial charge in [-0.25, -0.2) is 0 Å². The molecule has 1 aromatic heterocycles. The average molecular weight is 259 g/mol. The first-order valence-electron chi connectivity index (χ1n) is 6.66. The monoisotopic (exact) mass is 259 g/mol. The Bertz CT molecular complexity index is 517. The molecule has 0 aliphatic rings. The molecule has 0 unspecified atom stereocenters. The molecule has 1 aromatic carbocycles. The molecule has 1 N–H and O–H groups in total. The molecule has 1 heterocycles. The lowest BCUT2D eigenvalue weighted by atomic mass is 10.2. The SMILES string of the molecule is Cc1ccc(CNCc2ccccc2OC(C)C)o1. The molecule has 0 fully saturated rings. The van der Waals surface area contributed by atoms with Crippen molar-refractivity contribution in [1.29, 1.82) is 0 Å². The summed E-state index contributed by atoms with van der Waals surface area (Å²) in [4.78, 5) is 0. The van der Waals surface area contributed by atoms with Crippen LogP contribution in [-0.2, 0) is 13.1 Å². The molecular formula is C16H21NO2. The molecule has 3 heteroatoms. The quantitative estimate of drug-likeness (QED) is 0.859. The van der Waals surface area contributed by atoms with Gasteiger partial charge in [-0.1, -0.05) is 18.2 Å². The van der Waals surface area contributed by atoms with Crippen LogP contribution in [0.2, 0.25) is 0 Å². The Labute approximate surface area is 114 Å². The molecule has 0 saturated heterocycles. The number of para-hydroxylation sites is 1. The first-order chi connectivity index (χ1) is 9.15. The van der Waals surface area contributed by atoms with E-state index in [0.29, 0.717) is 0 Å². The third kappa shape index (κ3) is 4.14. The molecule has 0 saturated carbocycles. The number of hydrogen-bond acceptors (Lipinski definition) is 3. The molecule has 3 nitrogen and oxygen atoms in total. The Morgan fingerprint density at radius 2 is 1.89 bits per heavy atom. The number of rotatable bonds is 6. The van der Waals surface area contributed by atoms with Crippen molar-refractivity contribution in [2.75, 3.05) is 0 Å². The van der Waals surface area contributed by atoms with E-state index >= 15 is 0 Å². The van der Waals surface area contributed by atoms with Gasteiger partial charge in [0.1, 0.15) is 17.3 Å². The fraction of sp³-hybridized carbons (Fsp3) is 0.375. The number of benzene rings is 1. The molecule has 0 amide bonds. The summed E-state index contributed by atoms with van der Waals surface area (Å²) >= 11 is 0. The summed E-state index contributed by atoms with van der Waals surface area (Å²) in [5.41, 5.74) is 1.17. The molecule has 0 aliphatic heterocycles. The highest BCUT2D eigenvalue weighted by Crippen LogP contribution is 2.19. The minimum absolute atomic E-state index is 0.189. The van der Waals surface area contributed by atoms with Crippen LogP contribution in [-0.4, -0.2) is 6.10 Å². The largest absolute Gasteiger partial charge is 0.491 e. The van der Waals surface area contributed by atoms with Crippen LogP contribution < -0.4 is 10.1 Å². The Kier molecular flexibility index (Phi) is 4.63. The standard InChI is InChI=1S/C16H21NO2/c1-12(2)18-16-7-5-4-6-14(16)10-17-11-15-9-8-13(3)19-15/h4-9,12,17H,10-11H2,1-3H3. The molecule has 0 radical (unpaired) electrons. The number of ether oxygens (including phenoxy) is 1. The molecule has 0 aliphatic carbocycles. The highest BCUT2D eigenvalue weighted by atomic mass is 16.5. The zero-order chi connectivity index (χ0) is 13.7. The second kappa shape index (κ2) is 6.43. The van der Waals surface area contributed by atoms with E-state index in [-0.39, 0.29) is 6.10 Å². The number of aryl methyl sites for hydroxylation is 1. The Morgan fingerprint density at radius 3 is 2.58 bits per heavy atom. The average Bonchev–Trinajstić information content (AvgIpc) is 2.77. The minimum atomic E-state index is 0.189. The fourth-order valence-corrected chi connectivity index (χ4v) is 1.92. The molecular weight excluding hydrogens is 238 g/mol. The Balaban J connectivity index is 1.92. The van der Waals surface area contributed by atoms with Gasteiger partial charge < -0.3 is 14.5 Å². The van der Waals surface area contributed by atoms with E-state index in [9.17, 15) is 0 Å². The van der Waals surface area contributed by atoms with Gasteiger partial charge in [-0.05, 0) is 39.0 Å². The van der Waals surface area contributed by atoms with Gasteiger partial charge in [0.2, 0.25) is 0 Å². The van der Waals surface area contributed by atoms with E-state index < -0.39 is 0 Å². The molecule has 19 heavy (non-hydrogen) atoms. The van der Waals surface area contributed by atoms with Crippen molar-refractivity contribution in [3.8, 4) is 5.75 Å². The number of furan rings is 1. The summed E-state index contributed by atoms with van der Waals surface area (Å²) in [6.07, 6.45) is 0.189. The van der Waals surface area contributed by atoms with Crippen LogP contribution >= 0.6 is 0 Å². The Hall–Kier alpha value is -1.74. The van der Waals surface area contributed by atoms with Crippen LogP contribution in [0, 0.1) is 6.92 Å². The molecule has 102 valence electrons. The van der Waals surface area contributed by atoms with Crippen molar-refractivity contribution >= 4 is 0 Å².